The summed E-state index contributed by atoms with van der Waals surface area (Å²) in [5.74, 6) is -0.495. The van der Waals surface area contributed by atoms with Gasteiger partial charge in [-0.05, 0) is 42.8 Å². The molecule has 2 N–H and O–H groups in total. The zero-order valence-electron chi connectivity index (χ0n) is 11.9. The molecule has 0 bridgehead atoms. The molecule has 22 heavy (non-hydrogen) atoms. The number of aryl methyl sites for hydroxylation is 1. The number of rotatable bonds is 4. The summed E-state index contributed by atoms with van der Waals surface area (Å²) in [6.07, 6.45) is 1.38. The largest absolute Gasteiger partial charge is 0.360 e. The number of amides is 1. The van der Waals surface area contributed by atoms with Crippen molar-refractivity contribution in [2.45, 2.75) is 6.92 Å². The van der Waals surface area contributed by atoms with Crippen LogP contribution in [0.5, 0.6) is 0 Å². The quantitative estimate of drug-likeness (QED) is 0.660. The maximum absolute atomic E-state index is 12.1. The lowest BCUT2D eigenvalue weighted by atomic mass is 10.2. The second-order valence-corrected chi connectivity index (χ2v) is 5.08. The molecule has 2 aromatic rings. The molecular weight excluding hydrogens is 298 g/mol. The van der Waals surface area contributed by atoms with E-state index in [2.05, 4.69) is 10.6 Å². The highest BCUT2D eigenvalue weighted by Gasteiger charge is 2.09. The van der Waals surface area contributed by atoms with Gasteiger partial charge in [0.2, 0.25) is 0 Å². The Morgan fingerprint density at radius 3 is 2.59 bits per heavy atom. The molecule has 0 saturated carbocycles. The molecule has 1 amide bonds. The van der Waals surface area contributed by atoms with Crippen LogP contribution in [0.25, 0.3) is 0 Å². The van der Waals surface area contributed by atoms with Crippen molar-refractivity contribution < 1.29 is 4.79 Å². The van der Waals surface area contributed by atoms with E-state index in [4.69, 9.17) is 16.9 Å². The van der Waals surface area contributed by atoms with Crippen molar-refractivity contribution in [3.05, 3.63) is 70.9 Å². The van der Waals surface area contributed by atoms with Gasteiger partial charge in [0.1, 0.15) is 11.6 Å². The molecular formula is C17H14ClN3O. The first-order valence-corrected chi connectivity index (χ1v) is 6.96. The molecule has 0 saturated heterocycles. The predicted octanol–water partition coefficient (Wildman–Crippen LogP) is 4.11. The average molecular weight is 312 g/mol. The van der Waals surface area contributed by atoms with Gasteiger partial charge in [0, 0.05) is 22.6 Å². The highest BCUT2D eigenvalue weighted by atomic mass is 35.5. The Kier molecular flexibility index (Phi) is 5.18. The van der Waals surface area contributed by atoms with Crippen LogP contribution in [0.3, 0.4) is 0 Å². The molecule has 0 aliphatic carbocycles. The number of benzene rings is 2. The minimum atomic E-state index is -0.495. The van der Waals surface area contributed by atoms with E-state index in [1.807, 2.05) is 37.3 Å². The van der Waals surface area contributed by atoms with Crippen LogP contribution in [-0.2, 0) is 4.79 Å². The van der Waals surface area contributed by atoms with Crippen LogP contribution in [0.1, 0.15) is 5.56 Å². The molecule has 5 heteroatoms. The van der Waals surface area contributed by atoms with Crippen molar-refractivity contribution in [2.24, 2.45) is 0 Å². The number of carbonyl (C=O) groups is 1. The Balaban J connectivity index is 2.09. The highest BCUT2D eigenvalue weighted by Crippen LogP contribution is 2.16. The van der Waals surface area contributed by atoms with Crippen LogP contribution in [0.4, 0.5) is 11.4 Å². The van der Waals surface area contributed by atoms with Crippen LogP contribution in [0.2, 0.25) is 5.02 Å². The van der Waals surface area contributed by atoms with E-state index >= 15 is 0 Å². The summed E-state index contributed by atoms with van der Waals surface area (Å²) in [6.45, 7) is 1.96. The first kappa shape index (κ1) is 15.6. The summed E-state index contributed by atoms with van der Waals surface area (Å²) in [5, 5.41) is 15.2. The van der Waals surface area contributed by atoms with Gasteiger partial charge in [-0.15, -0.1) is 0 Å². The van der Waals surface area contributed by atoms with Gasteiger partial charge in [-0.1, -0.05) is 29.8 Å². The Bertz CT molecular complexity index is 762. The van der Waals surface area contributed by atoms with Crippen molar-refractivity contribution in [1.29, 1.82) is 5.26 Å². The van der Waals surface area contributed by atoms with E-state index in [1.165, 1.54) is 6.20 Å². The Labute approximate surface area is 134 Å². The zero-order valence-corrected chi connectivity index (χ0v) is 12.7. The predicted molar refractivity (Wildman–Crippen MR) is 88.6 cm³/mol. The first-order chi connectivity index (χ1) is 10.6. The van der Waals surface area contributed by atoms with Gasteiger partial charge in [0.05, 0.1) is 0 Å². The van der Waals surface area contributed by atoms with Crippen LogP contribution >= 0.6 is 11.6 Å². The van der Waals surface area contributed by atoms with Gasteiger partial charge in [0.15, 0.2) is 0 Å². The SMILES string of the molecule is Cc1cccc(NC=C(C#N)C(=O)Nc2cccc(Cl)c2)c1. The molecule has 2 aromatic carbocycles. The maximum Gasteiger partial charge on any atom is 0.267 e. The summed E-state index contributed by atoms with van der Waals surface area (Å²) in [4.78, 5) is 12.1. The van der Waals surface area contributed by atoms with E-state index in [9.17, 15) is 4.79 Å². The van der Waals surface area contributed by atoms with Crippen molar-refractivity contribution in [3.8, 4) is 6.07 Å². The third kappa shape index (κ3) is 4.37. The zero-order chi connectivity index (χ0) is 15.9. The summed E-state index contributed by atoms with van der Waals surface area (Å²) in [5.41, 5.74) is 2.40. The summed E-state index contributed by atoms with van der Waals surface area (Å²) < 4.78 is 0. The normalized spacial score (nSPS) is 10.7. The van der Waals surface area contributed by atoms with Crippen molar-refractivity contribution in [1.82, 2.24) is 0 Å². The Hall–Kier alpha value is -2.77. The standard InChI is InChI=1S/C17H14ClN3O/c1-12-4-2-6-15(8-12)20-11-13(10-19)17(22)21-16-7-3-5-14(18)9-16/h2-9,11,20H,1H3,(H,21,22). The van der Waals surface area contributed by atoms with Crippen molar-refractivity contribution >= 4 is 28.9 Å². The summed E-state index contributed by atoms with van der Waals surface area (Å²) in [7, 11) is 0. The second-order valence-electron chi connectivity index (χ2n) is 4.65. The number of halogens is 1. The molecule has 0 aromatic heterocycles. The lowest BCUT2D eigenvalue weighted by Crippen LogP contribution is -2.14. The van der Waals surface area contributed by atoms with E-state index in [1.54, 1.807) is 24.3 Å². The molecule has 0 atom stereocenters. The van der Waals surface area contributed by atoms with Gasteiger partial charge in [0.25, 0.3) is 5.91 Å². The van der Waals surface area contributed by atoms with Gasteiger partial charge in [-0.2, -0.15) is 5.26 Å². The van der Waals surface area contributed by atoms with E-state index in [0.717, 1.165) is 11.3 Å². The number of hydrogen-bond acceptors (Lipinski definition) is 3. The minimum Gasteiger partial charge on any atom is -0.360 e. The van der Waals surface area contributed by atoms with Crippen LogP contribution in [0, 0.1) is 18.3 Å². The van der Waals surface area contributed by atoms with Crippen molar-refractivity contribution in [2.75, 3.05) is 10.6 Å². The van der Waals surface area contributed by atoms with Gasteiger partial charge >= 0.3 is 0 Å². The molecule has 0 heterocycles. The van der Waals surface area contributed by atoms with E-state index in [0.29, 0.717) is 10.7 Å². The van der Waals surface area contributed by atoms with Crippen LogP contribution in [-0.4, -0.2) is 5.91 Å². The van der Waals surface area contributed by atoms with E-state index in [-0.39, 0.29) is 5.57 Å². The molecule has 0 radical (unpaired) electrons. The molecule has 4 nitrogen and oxygen atoms in total. The fourth-order valence-corrected chi connectivity index (χ4v) is 1.99. The monoisotopic (exact) mass is 311 g/mol. The van der Waals surface area contributed by atoms with Gasteiger partial charge in [-0.3, -0.25) is 4.79 Å². The molecule has 0 fully saturated rings. The summed E-state index contributed by atoms with van der Waals surface area (Å²) in [6, 6.07) is 16.2. The third-order valence-corrected chi connectivity index (χ3v) is 3.08. The fraction of sp³-hybridized carbons (Fsp3) is 0.0588. The molecule has 0 aliphatic rings. The van der Waals surface area contributed by atoms with Crippen LogP contribution in [0.15, 0.2) is 60.3 Å². The lowest BCUT2D eigenvalue weighted by Gasteiger charge is -2.06. The van der Waals surface area contributed by atoms with Gasteiger partial charge < -0.3 is 10.6 Å². The molecule has 0 aliphatic heterocycles. The smallest absolute Gasteiger partial charge is 0.267 e. The number of nitrogens with zero attached hydrogens (tertiary/aromatic N) is 1. The van der Waals surface area contributed by atoms with Gasteiger partial charge in [-0.25, -0.2) is 0 Å². The fourth-order valence-electron chi connectivity index (χ4n) is 1.80. The summed E-state index contributed by atoms with van der Waals surface area (Å²) >= 11 is 5.85. The number of anilines is 2. The molecule has 2 rings (SSSR count). The highest BCUT2D eigenvalue weighted by molar-refractivity contribution is 6.31. The molecule has 110 valence electrons. The first-order valence-electron chi connectivity index (χ1n) is 6.59. The maximum atomic E-state index is 12.1. The third-order valence-electron chi connectivity index (χ3n) is 2.85. The van der Waals surface area contributed by atoms with Crippen LogP contribution < -0.4 is 10.6 Å². The number of nitriles is 1. The number of carbonyl (C=O) groups excluding carboxylic acids is 1. The topological polar surface area (TPSA) is 64.9 Å². The lowest BCUT2D eigenvalue weighted by molar-refractivity contribution is -0.112. The average Bonchev–Trinajstić information content (AvgIpc) is 2.48. The minimum absolute atomic E-state index is 0.0264. The Morgan fingerprint density at radius 1 is 1.18 bits per heavy atom. The number of nitrogens with one attached hydrogen (secondary N) is 2. The molecule has 0 unspecified atom stereocenters. The number of hydrogen-bond donors (Lipinski definition) is 2. The van der Waals surface area contributed by atoms with Crippen molar-refractivity contribution in [3.63, 3.8) is 0 Å². The van der Waals surface area contributed by atoms with E-state index < -0.39 is 5.91 Å². The Morgan fingerprint density at radius 2 is 1.91 bits per heavy atom. The second kappa shape index (κ2) is 7.30. The molecule has 0 spiro atoms.